The van der Waals surface area contributed by atoms with Crippen LogP contribution in [0.25, 0.3) is 0 Å². The average Bonchev–Trinajstić information content (AvgIpc) is 3.04. The Labute approximate surface area is 145 Å². The lowest BCUT2D eigenvalue weighted by Crippen LogP contribution is -2.50. The predicted molar refractivity (Wildman–Crippen MR) is 83.1 cm³/mol. The highest BCUT2D eigenvalue weighted by atomic mass is 32.3. The zero-order valence-corrected chi connectivity index (χ0v) is 14.6. The summed E-state index contributed by atoms with van der Waals surface area (Å²) in [6.07, 6.45) is 1.68. The quantitative estimate of drug-likeness (QED) is 0.397. The highest BCUT2D eigenvalue weighted by Gasteiger charge is 2.49. The van der Waals surface area contributed by atoms with Crippen molar-refractivity contribution >= 4 is 22.3 Å². The second-order valence-corrected chi connectivity index (χ2v) is 7.74. The Balaban J connectivity index is 1.52. The summed E-state index contributed by atoms with van der Waals surface area (Å²) < 4.78 is 34.8. The third-order valence-corrected chi connectivity index (χ3v) is 5.05. The Morgan fingerprint density at radius 3 is 2.84 bits per heavy atom. The van der Waals surface area contributed by atoms with Crippen molar-refractivity contribution in [1.29, 1.82) is 0 Å². The van der Waals surface area contributed by atoms with Crippen LogP contribution in [0.5, 0.6) is 0 Å². The Morgan fingerprint density at radius 2 is 2.20 bits per heavy atom. The number of urea groups is 1. The number of hydroxylamine groups is 3. The number of carbonyl (C=O) groups excluding carboxylic acids is 2. The average molecular weight is 378 g/mol. The fourth-order valence-corrected chi connectivity index (χ4v) is 3.92. The first-order valence-corrected chi connectivity index (χ1v) is 9.53. The molecule has 0 saturated carbocycles. The monoisotopic (exact) mass is 378 g/mol. The van der Waals surface area contributed by atoms with Crippen LogP contribution in [0, 0.1) is 5.92 Å². The molecule has 0 aromatic carbocycles. The van der Waals surface area contributed by atoms with Crippen molar-refractivity contribution in [3.05, 3.63) is 0 Å². The van der Waals surface area contributed by atoms with Gasteiger partial charge in [0, 0.05) is 12.6 Å². The van der Waals surface area contributed by atoms with E-state index in [0.717, 1.165) is 13.0 Å². The molecule has 3 rings (SSSR count). The van der Waals surface area contributed by atoms with Crippen LogP contribution in [0.3, 0.4) is 0 Å². The molecule has 3 aliphatic rings. The minimum atomic E-state index is -4.80. The first-order valence-electron chi connectivity index (χ1n) is 8.16. The van der Waals surface area contributed by atoms with E-state index in [1.807, 2.05) is 0 Å². The third-order valence-electron chi connectivity index (χ3n) is 4.70. The van der Waals surface area contributed by atoms with Crippen molar-refractivity contribution in [3.63, 3.8) is 0 Å². The van der Waals surface area contributed by atoms with E-state index >= 15 is 0 Å². The molecule has 0 spiro atoms. The van der Waals surface area contributed by atoms with Gasteiger partial charge in [-0.05, 0) is 31.7 Å². The van der Waals surface area contributed by atoms with E-state index in [2.05, 4.69) is 22.0 Å². The summed E-state index contributed by atoms with van der Waals surface area (Å²) in [7, 11) is -4.80. The highest BCUT2D eigenvalue weighted by Crippen LogP contribution is 2.30. The van der Waals surface area contributed by atoms with Gasteiger partial charge in [-0.1, -0.05) is 6.92 Å². The summed E-state index contributed by atoms with van der Waals surface area (Å²) in [5, 5.41) is 3.88. The van der Waals surface area contributed by atoms with Gasteiger partial charge in [0.25, 0.3) is 5.91 Å². The number of nitrogens with one attached hydrogen (secondary N) is 2. The topological polar surface area (TPSA) is 138 Å². The minimum Gasteiger partial charge on any atom is -0.311 e. The molecule has 25 heavy (non-hydrogen) atoms. The fraction of sp³-hybridized carbons (Fsp3) is 0.846. The number of nitrogens with zero attached hydrogens (tertiary/aromatic N) is 2. The van der Waals surface area contributed by atoms with Crippen molar-refractivity contribution in [2.24, 2.45) is 5.92 Å². The summed E-state index contributed by atoms with van der Waals surface area (Å²) in [6, 6.07) is -1.89. The number of fused-ring (bicyclic) bond motifs is 2. The Kier molecular flexibility index (Phi) is 5.16. The maximum Gasteiger partial charge on any atom is 0.418 e. The Hall–Kier alpha value is -1.47. The molecule has 11 nitrogen and oxygen atoms in total. The van der Waals surface area contributed by atoms with Gasteiger partial charge in [0.15, 0.2) is 0 Å². The fourth-order valence-electron chi connectivity index (χ4n) is 3.53. The van der Waals surface area contributed by atoms with E-state index < -0.39 is 34.4 Å². The molecule has 2 unspecified atom stereocenters. The first kappa shape index (κ1) is 18.3. The van der Waals surface area contributed by atoms with E-state index in [1.54, 1.807) is 0 Å². The first-order chi connectivity index (χ1) is 11.7. The van der Waals surface area contributed by atoms with Crippen LogP contribution in [-0.4, -0.2) is 72.7 Å². The maximum absolute atomic E-state index is 12.3. The molecule has 3 heterocycles. The SMILES string of the molecule is C[C@@H]1CN[C@H](CONC(=O)C2CCC3CN2C(=O)N3OS(=O)(=O)O)C1. The number of hydrogen-bond donors (Lipinski definition) is 3. The van der Waals surface area contributed by atoms with Crippen molar-refractivity contribution < 1.29 is 31.7 Å². The van der Waals surface area contributed by atoms with Gasteiger partial charge in [-0.2, -0.15) is 13.5 Å². The Morgan fingerprint density at radius 1 is 1.44 bits per heavy atom. The van der Waals surface area contributed by atoms with Crippen LogP contribution in [0.1, 0.15) is 26.2 Å². The minimum absolute atomic E-state index is 0.147. The van der Waals surface area contributed by atoms with Crippen LogP contribution in [0.4, 0.5) is 4.79 Å². The molecule has 3 fully saturated rings. The van der Waals surface area contributed by atoms with Crippen molar-refractivity contribution in [2.75, 3.05) is 19.7 Å². The summed E-state index contributed by atoms with van der Waals surface area (Å²) in [6.45, 7) is 3.52. The zero-order chi connectivity index (χ0) is 18.2. The molecule has 142 valence electrons. The van der Waals surface area contributed by atoms with Crippen LogP contribution < -0.4 is 10.8 Å². The number of hydrogen-bond acceptors (Lipinski definition) is 7. The number of amides is 3. The van der Waals surface area contributed by atoms with Gasteiger partial charge < -0.3 is 10.2 Å². The van der Waals surface area contributed by atoms with Gasteiger partial charge in [0.2, 0.25) is 0 Å². The molecular weight excluding hydrogens is 356 g/mol. The van der Waals surface area contributed by atoms with E-state index in [-0.39, 0.29) is 12.6 Å². The number of piperidine rings is 1. The summed E-state index contributed by atoms with van der Waals surface area (Å²) in [4.78, 5) is 31.0. The van der Waals surface area contributed by atoms with Gasteiger partial charge in [0.1, 0.15) is 6.04 Å². The third kappa shape index (κ3) is 4.20. The second-order valence-electron chi connectivity index (χ2n) is 6.73. The molecule has 0 aromatic heterocycles. The molecule has 3 aliphatic heterocycles. The lowest BCUT2D eigenvalue weighted by Gasteiger charge is -2.29. The van der Waals surface area contributed by atoms with Gasteiger partial charge in [0.05, 0.1) is 12.6 Å². The van der Waals surface area contributed by atoms with Gasteiger partial charge in [-0.15, -0.1) is 4.28 Å². The maximum atomic E-state index is 12.3. The molecule has 0 aromatic rings. The molecular formula is C13H22N4O7S. The largest absolute Gasteiger partial charge is 0.418 e. The molecule has 12 heteroatoms. The molecule has 0 radical (unpaired) electrons. The summed E-state index contributed by atoms with van der Waals surface area (Å²) in [5.74, 6) is 0.0992. The van der Waals surface area contributed by atoms with E-state index in [0.29, 0.717) is 30.4 Å². The smallest absolute Gasteiger partial charge is 0.311 e. The molecule has 2 bridgehead atoms. The molecule has 3 amide bonds. The normalized spacial score (nSPS) is 32.3. The van der Waals surface area contributed by atoms with E-state index in [1.165, 1.54) is 4.90 Å². The predicted octanol–water partition coefficient (Wildman–Crippen LogP) is -0.965. The molecule has 3 N–H and O–H groups in total. The van der Waals surface area contributed by atoms with Gasteiger partial charge >= 0.3 is 16.4 Å². The van der Waals surface area contributed by atoms with Gasteiger partial charge in [-0.3, -0.25) is 14.2 Å². The van der Waals surface area contributed by atoms with Crippen LogP contribution in [-0.2, 0) is 24.3 Å². The summed E-state index contributed by atoms with van der Waals surface area (Å²) >= 11 is 0. The molecule has 4 atom stereocenters. The van der Waals surface area contributed by atoms with Crippen molar-refractivity contribution in [1.82, 2.24) is 20.8 Å². The Bertz CT molecular complexity index is 642. The van der Waals surface area contributed by atoms with E-state index in [4.69, 9.17) is 9.39 Å². The lowest BCUT2D eigenvalue weighted by molar-refractivity contribution is -0.139. The summed E-state index contributed by atoms with van der Waals surface area (Å²) in [5.41, 5.74) is 2.36. The van der Waals surface area contributed by atoms with Crippen LogP contribution in [0.2, 0.25) is 0 Å². The molecule has 0 aliphatic carbocycles. The second kappa shape index (κ2) is 7.03. The highest BCUT2D eigenvalue weighted by molar-refractivity contribution is 7.80. The van der Waals surface area contributed by atoms with Crippen LogP contribution in [0.15, 0.2) is 0 Å². The van der Waals surface area contributed by atoms with Crippen molar-refractivity contribution in [3.8, 4) is 0 Å². The zero-order valence-electron chi connectivity index (χ0n) is 13.8. The molecule has 3 saturated heterocycles. The van der Waals surface area contributed by atoms with Crippen molar-refractivity contribution in [2.45, 2.75) is 44.3 Å². The van der Waals surface area contributed by atoms with Gasteiger partial charge in [-0.25, -0.2) is 10.3 Å². The standard InChI is InChI=1S/C13H22N4O7S/c1-8-4-9(14-5-8)7-23-15-12(18)11-3-2-10-6-16(11)13(19)17(10)24-25(20,21)22/h8-11,14H,2-7H2,1H3,(H,15,18)(H,20,21,22)/t8-,9-,10?,11?/m0/s1. The number of rotatable bonds is 6. The number of carbonyl (C=O) groups is 2. The lowest BCUT2D eigenvalue weighted by atomic mass is 10.0. The van der Waals surface area contributed by atoms with E-state index in [9.17, 15) is 18.0 Å². The van der Waals surface area contributed by atoms with Crippen LogP contribution >= 0.6 is 0 Å².